The second-order valence-corrected chi connectivity index (χ2v) is 5.69. The Bertz CT molecular complexity index is 536. The minimum Gasteiger partial charge on any atom is -0.358 e. The van der Waals surface area contributed by atoms with Crippen molar-refractivity contribution in [3.8, 4) is 0 Å². The molecule has 0 aliphatic carbocycles. The number of fused-ring (bicyclic) bond motifs is 1. The predicted molar refractivity (Wildman–Crippen MR) is 80.5 cm³/mol. The van der Waals surface area contributed by atoms with E-state index < -0.39 is 0 Å². The van der Waals surface area contributed by atoms with Crippen LogP contribution in [0.1, 0.15) is 20.8 Å². The van der Waals surface area contributed by atoms with Gasteiger partial charge in [-0.15, -0.1) is 0 Å². The highest BCUT2D eigenvalue weighted by Crippen LogP contribution is 2.26. The molecular weight excluding hydrogens is 261 g/mol. The Morgan fingerprint density at radius 1 is 1.37 bits per heavy atom. The van der Waals surface area contributed by atoms with E-state index >= 15 is 0 Å². The number of nitrogens with one attached hydrogen (secondary N) is 1. The van der Waals surface area contributed by atoms with Gasteiger partial charge in [-0.3, -0.25) is 0 Å². The lowest BCUT2D eigenvalue weighted by molar-refractivity contribution is 0.295. The van der Waals surface area contributed by atoms with Crippen molar-refractivity contribution >= 4 is 26.7 Å². The number of hydrogen-bond acceptors (Lipinski definition) is 4. The van der Waals surface area contributed by atoms with Crippen LogP contribution in [0.5, 0.6) is 0 Å². The molecule has 1 aromatic carbocycles. The molecule has 1 unspecified atom stereocenters. The van der Waals surface area contributed by atoms with E-state index in [1.807, 2.05) is 0 Å². The topological polar surface area (TPSA) is 28.2 Å². The molecular formula is C14H20FN3S. The molecule has 1 heterocycles. The average molecular weight is 281 g/mol. The molecule has 2 rings (SSSR count). The number of anilines is 1. The van der Waals surface area contributed by atoms with E-state index in [4.69, 9.17) is 0 Å². The van der Waals surface area contributed by atoms with Crippen molar-refractivity contribution in [2.75, 3.05) is 25.0 Å². The normalized spacial score (nSPS) is 13.1. The highest BCUT2D eigenvalue weighted by Gasteiger charge is 2.10. The van der Waals surface area contributed by atoms with E-state index in [2.05, 4.69) is 36.0 Å². The number of likely N-dealkylation sites (N-methyl/N-ethyl adjacent to an activating group) is 1. The van der Waals surface area contributed by atoms with Gasteiger partial charge in [-0.2, -0.15) is 0 Å². The van der Waals surface area contributed by atoms with Crippen LogP contribution in [0.4, 0.5) is 9.52 Å². The van der Waals surface area contributed by atoms with Crippen molar-refractivity contribution in [2.45, 2.75) is 26.8 Å². The third kappa shape index (κ3) is 3.64. The van der Waals surface area contributed by atoms with Crippen molar-refractivity contribution in [2.24, 2.45) is 0 Å². The molecule has 1 atom stereocenters. The van der Waals surface area contributed by atoms with E-state index in [0.717, 1.165) is 35.0 Å². The first-order valence-corrected chi connectivity index (χ1v) is 7.49. The lowest BCUT2D eigenvalue weighted by Gasteiger charge is -2.23. The Labute approximate surface area is 117 Å². The fraction of sp³-hybridized carbons (Fsp3) is 0.500. The minimum atomic E-state index is -0.209. The zero-order valence-corrected chi connectivity index (χ0v) is 12.4. The van der Waals surface area contributed by atoms with Crippen LogP contribution in [0.25, 0.3) is 10.2 Å². The van der Waals surface area contributed by atoms with E-state index in [1.54, 1.807) is 6.07 Å². The number of aromatic nitrogens is 1. The summed E-state index contributed by atoms with van der Waals surface area (Å²) in [5, 5.41) is 4.25. The van der Waals surface area contributed by atoms with Gasteiger partial charge in [0.2, 0.25) is 0 Å². The van der Waals surface area contributed by atoms with Crippen LogP contribution in [-0.4, -0.2) is 35.6 Å². The van der Waals surface area contributed by atoms with Crippen molar-refractivity contribution in [3.05, 3.63) is 24.0 Å². The molecule has 0 radical (unpaired) electrons. The Kier molecular flexibility index (Phi) is 4.71. The number of nitrogens with zero attached hydrogens (tertiary/aromatic N) is 2. The molecule has 1 aromatic heterocycles. The number of thiazole rings is 1. The van der Waals surface area contributed by atoms with Crippen molar-refractivity contribution in [1.29, 1.82) is 0 Å². The summed E-state index contributed by atoms with van der Waals surface area (Å²) in [4.78, 5) is 6.84. The first-order valence-electron chi connectivity index (χ1n) is 6.67. The summed E-state index contributed by atoms with van der Waals surface area (Å²) < 4.78 is 14.0. The Hall–Kier alpha value is -1.20. The van der Waals surface area contributed by atoms with Crippen LogP contribution in [0, 0.1) is 5.82 Å². The molecule has 3 nitrogen and oxygen atoms in total. The summed E-state index contributed by atoms with van der Waals surface area (Å²) in [5.41, 5.74) is 0.851. The molecule has 104 valence electrons. The quantitative estimate of drug-likeness (QED) is 0.877. The standard InChI is InChI=1S/C14H20FN3S/c1-4-18(5-2)9-10(3)16-14-17-12-7-6-11(15)8-13(12)19-14/h6-8,10H,4-5,9H2,1-3H3,(H,16,17). The summed E-state index contributed by atoms with van der Waals surface area (Å²) in [6.45, 7) is 9.55. The third-order valence-corrected chi connectivity index (χ3v) is 4.10. The number of benzene rings is 1. The zero-order chi connectivity index (χ0) is 13.8. The van der Waals surface area contributed by atoms with Gasteiger partial charge in [-0.1, -0.05) is 25.2 Å². The summed E-state index contributed by atoms with van der Waals surface area (Å²) in [6, 6.07) is 5.03. The SMILES string of the molecule is CCN(CC)CC(C)Nc1nc2ccc(F)cc2s1. The van der Waals surface area contributed by atoms with Crippen LogP contribution >= 0.6 is 11.3 Å². The van der Waals surface area contributed by atoms with Gasteiger partial charge in [0.15, 0.2) is 5.13 Å². The van der Waals surface area contributed by atoms with E-state index in [0.29, 0.717) is 6.04 Å². The van der Waals surface area contributed by atoms with Gasteiger partial charge < -0.3 is 10.2 Å². The largest absolute Gasteiger partial charge is 0.358 e. The first-order chi connectivity index (χ1) is 9.12. The van der Waals surface area contributed by atoms with Crippen LogP contribution < -0.4 is 5.32 Å². The predicted octanol–water partition coefficient (Wildman–Crippen LogP) is 3.58. The molecule has 0 amide bonds. The van der Waals surface area contributed by atoms with Crippen LogP contribution in [0.2, 0.25) is 0 Å². The Morgan fingerprint density at radius 3 is 2.79 bits per heavy atom. The summed E-state index contributed by atoms with van der Waals surface area (Å²) >= 11 is 1.50. The fourth-order valence-corrected chi connectivity index (χ4v) is 3.09. The van der Waals surface area contributed by atoms with Gasteiger partial charge in [-0.05, 0) is 38.2 Å². The number of halogens is 1. The minimum absolute atomic E-state index is 0.209. The van der Waals surface area contributed by atoms with Crippen molar-refractivity contribution in [1.82, 2.24) is 9.88 Å². The molecule has 2 aromatic rings. The summed E-state index contributed by atoms with van der Waals surface area (Å²) in [7, 11) is 0. The van der Waals surface area contributed by atoms with E-state index in [1.165, 1.54) is 23.5 Å². The van der Waals surface area contributed by atoms with Crippen LogP contribution in [0.3, 0.4) is 0 Å². The van der Waals surface area contributed by atoms with Crippen LogP contribution in [0.15, 0.2) is 18.2 Å². The van der Waals surface area contributed by atoms with Gasteiger partial charge in [0.25, 0.3) is 0 Å². The maximum atomic E-state index is 13.1. The maximum Gasteiger partial charge on any atom is 0.184 e. The van der Waals surface area contributed by atoms with Gasteiger partial charge in [0.1, 0.15) is 5.82 Å². The highest BCUT2D eigenvalue weighted by molar-refractivity contribution is 7.22. The Morgan fingerprint density at radius 2 is 2.11 bits per heavy atom. The average Bonchev–Trinajstić information content (AvgIpc) is 2.77. The first kappa shape index (κ1) is 14.2. The van der Waals surface area contributed by atoms with Crippen LogP contribution in [-0.2, 0) is 0 Å². The molecule has 0 aliphatic heterocycles. The molecule has 0 bridgehead atoms. The smallest absolute Gasteiger partial charge is 0.184 e. The fourth-order valence-electron chi connectivity index (χ4n) is 2.09. The molecule has 0 fully saturated rings. The highest BCUT2D eigenvalue weighted by atomic mass is 32.1. The molecule has 0 spiro atoms. The molecule has 1 N–H and O–H groups in total. The molecule has 0 saturated heterocycles. The van der Waals surface area contributed by atoms with Gasteiger partial charge in [0, 0.05) is 12.6 Å². The van der Waals surface area contributed by atoms with Crippen molar-refractivity contribution < 1.29 is 4.39 Å². The Balaban J connectivity index is 2.04. The van der Waals surface area contributed by atoms with Gasteiger partial charge in [-0.25, -0.2) is 9.37 Å². The number of rotatable bonds is 6. The van der Waals surface area contributed by atoms with E-state index in [-0.39, 0.29) is 5.82 Å². The second kappa shape index (κ2) is 6.30. The summed E-state index contributed by atoms with van der Waals surface area (Å²) in [6.07, 6.45) is 0. The van der Waals surface area contributed by atoms with Gasteiger partial charge >= 0.3 is 0 Å². The molecule has 5 heteroatoms. The van der Waals surface area contributed by atoms with Crippen molar-refractivity contribution in [3.63, 3.8) is 0 Å². The number of hydrogen-bond donors (Lipinski definition) is 1. The zero-order valence-electron chi connectivity index (χ0n) is 11.6. The summed E-state index contributed by atoms with van der Waals surface area (Å²) in [5.74, 6) is -0.209. The second-order valence-electron chi connectivity index (χ2n) is 4.66. The lowest BCUT2D eigenvalue weighted by Crippen LogP contribution is -2.34. The maximum absolute atomic E-state index is 13.1. The molecule has 0 aliphatic rings. The lowest BCUT2D eigenvalue weighted by atomic mass is 10.3. The monoisotopic (exact) mass is 281 g/mol. The third-order valence-electron chi connectivity index (χ3n) is 3.15. The molecule has 0 saturated carbocycles. The van der Waals surface area contributed by atoms with E-state index in [9.17, 15) is 4.39 Å². The molecule has 19 heavy (non-hydrogen) atoms. The van der Waals surface area contributed by atoms with Gasteiger partial charge in [0.05, 0.1) is 10.2 Å².